The van der Waals surface area contributed by atoms with Crippen molar-refractivity contribution in [2.75, 3.05) is 0 Å². The summed E-state index contributed by atoms with van der Waals surface area (Å²) in [4.78, 5) is 10.4. The van der Waals surface area contributed by atoms with E-state index in [0.717, 1.165) is 67.6 Å². The van der Waals surface area contributed by atoms with Crippen LogP contribution in [0.15, 0.2) is 133 Å². The average Bonchev–Trinajstić information content (AvgIpc) is 3.65. The molecule has 0 radical (unpaired) electrons. The third-order valence-electron chi connectivity index (χ3n) is 11.8. The van der Waals surface area contributed by atoms with Crippen molar-refractivity contribution in [2.24, 2.45) is 5.92 Å². The Morgan fingerprint density at radius 1 is 0.641 bits per heavy atom. The van der Waals surface area contributed by atoms with Crippen LogP contribution in [0.25, 0.3) is 72.7 Å². The average molecular weight is 1030 g/mol. The molecule has 0 aliphatic heterocycles. The fourth-order valence-corrected chi connectivity index (χ4v) is 8.20. The van der Waals surface area contributed by atoms with Gasteiger partial charge >= 0.3 is 0 Å². The van der Waals surface area contributed by atoms with Crippen LogP contribution >= 0.6 is 0 Å². The second-order valence-corrected chi connectivity index (χ2v) is 20.6. The number of imidazole rings is 1. The van der Waals surface area contributed by atoms with E-state index < -0.39 is 5.41 Å². The fraction of sp³-hybridized carbons (Fsp3) is 0.288. The molecule has 64 heavy (non-hydrogen) atoms. The Hall–Kier alpha value is -5.57. The number of aromatic hydroxyl groups is 1. The Balaban J connectivity index is 0.00000684. The van der Waals surface area contributed by atoms with E-state index in [1.165, 1.54) is 5.56 Å². The molecule has 0 fully saturated rings. The molecule has 0 amide bonds. The van der Waals surface area contributed by atoms with Gasteiger partial charge < -0.3 is 5.11 Å². The van der Waals surface area contributed by atoms with Crippen LogP contribution < -0.4 is 0 Å². The molecule has 1 N–H and O–H groups in total. The summed E-state index contributed by atoms with van der Waals surface area (Å²) in [5, 5.41) is 12.0. The molecule has 0 unspecified atom stereocenters. The smallest absolute Gasteiger partial charge is 0.148 e. The first-order valence-corrected chi connectivity index (χ1v) is 22.1. The van der Waals surface area contributed by atoms with Crippen molar-refractivity contribution in [3.63, 3.8) is 0 Å². The number of para-hydroxylation sites is 1. The van der Waals surface area contributed by atoms with E-state index in [1.54, 1.807) is 12.3 Å². The normalized spacial score (nSPS) is 13.1. The number of pyridine rings is 1. The quantitative estimate of drug-likeness (QED) is 0.154. The Labute approximate surface area is 401 Å². The summed E-state index contributed by atoms with van der Waals surface area (Å²) in [5.74, 6) is 1.29. The number of fused-ring (bicyclic) bond motifs is 1. The van der Waals surface area contributed by atoms with Crippen molar-refractivity contribution < 1.29 is 31.7 Å². The summed E-state index contributed by atoms with van der Waals surface area (Å²) in [7, 11) is 0. The number of hydrogen-bond acceptors (Lipinski definition) is 3. The third-order valence-corrected chi connectivity index (χ3v) is 11.8. The van der Waals surface area contributed by atoms with Gasteiger partial charge in [-0.15, -0.1) is 29.3 Å². The first kappa shape index (κ1) is 41.2. The number of hydrogen-bond donors (Lipinski definition) is 1. The SMILES string of the molecule is [2H]c1c([2H])c(C(C)(C)C)c([2H])c([2H])c1-c1ccnc(-c2[c-]c(-c3cccc4c3nc(-c3cc(C(C)(C)C)cc(C)c3O)n4-c3ccc(CC(C)C)cc3-c3ccccc3)cc(C(C)(C)C)c2)c1.[Pt]. The minimum atomic E-state index is -0.571. The number of benzene rings is 6. The second kappa shape index (κ2) is 17.8. The van der Waals surface area contributed by atoms with Gasteiger partial charge in [-0.25, -0.2) is 4.98 Å². The fourth-order valence-electron chi connectivity index (χ4n) is 8.20. The van der Waals surface area contributed by atoms with Gasteiger partial charge in [-0.3, -0.25) is 9.55 Å². The topological polar surface area (TPSA) is 50.9 Å². The van der Waals surface area contributed by atoms with Crippen molar-refractivity contribution >= 4 is 11.0 Å². The first-order valence-electron chi connectivity index (χ1n) is 24.1. The van der Waals surface area contributed by atoms with E-state index in [-0.39, 0.29) is 67.4 Å². The van der Waals surface area contributed by atoms with Crippen LogP contribution in [0, 0.1) is 18.9 Å². The molecule has 8 rings (SSSR count). The van der Waals surface area contributed by atoms with Gasteiger partial charge in [0.25, 0.3) is 0 Å². The maximum absolute atomic E-state index is 12.0. The summed E-state index contributed by atoms with van der Waals surface area (Å²) in [6, 6.07) is 39.0. The summed E-state index contributed by atoms with van der Waals surface area (Å²) < 4.78 is 38.2. The van der Waals surface area contributed by atoms with Crippen LogP contribution in [0.1, 0.15) is 109 Å². The van der Waals surface area contributed by atoms with Crippen LogP contribution in [-0.4, -0.2) is 19.6 Å². The number of phenols is 1. The van der Waals surface area contributed by atoms with Crippen molar-refractivity contribution in [1.29, 1.82) is 0 Å². The van der Waals surface area contributed by atoms with Gasteiger partial charge in [0.1, 0.15) is 11.6 Å². The largest absolute Gasteiger partial charge is 0.507 e. The Bertz CT molecular complexity index is 3180. The molecule has 4 nitrogen and oxygen atoms in total. The van der Waals surface area contributed by atoms with Gasteiger partial charge in [-0.05, 0) is 105 Å². The molecule has 0 saturated heterocycles. The van der Waals surface area contributed by atoms with Crippen LogP contribution in [0.3, 0.4) is 0 Å². The van der Waals surface area contributed by atoms with Gasteiger partial charge in [0, 0.05) is 38.5 Å². The molecular formula is C59H62N3OPt-. The first-order chi connectivity index (χ1) is 31.4. The number of rotatable bonds is 8. The Kier molecular flexibility index (Phi) is 11.4. The van der Waals surface area contributed by atoms with E-state index >= 15 is 0 Å². The van der Waals surface area contributed by atoms with E-state index in [2.05, 4.69) is 151 Å². The molecule has 0 aliphatic carbocycles. The second-order valence-electron chi connectivity index (χ2n) is 20.6. The zero-order chi connectivity index (χ0) is 48.5. The predicted octanol–water partition coefficient (Wildman–Crippen LogP) is 15.7. The van der Waals surface area contributed by atoms with Gasteiger partial charge in [0.05, 0.1) is 27.8 Å². The molecule has 0 atom stereocenters. The monoisotopic (exact) mass is 1030 g/mol. The van der Waals surface area contributed by atoms with Crippen molar-refractivity contribution in [3.8, 4) is 67.5 Å². The van der Waals surface area contributed by atoms with Gasteiger partial charge in [0.2, 0.25) is 0 Å². The number of aromatic nitrogens is 3. The zero-order valence-corrected chi connectivity index (χ0v) is 41.6. The maximum atomic E-state index is 12.0. The predicted molar refractivity (Wildman–Crippen MR) is 266 cm³/mol. The number of phenolic OH excluding ortho intramolecular Hbond substituents is 1. The Morgan fingerprint density at radius 3 is 1.95 bits per heavy atom. The molecule has 2 heterocycles. The number of nitrogens with zero attached hydrogens (tertiary/aromatic N) is 3. The summed E-state index contributed by atoms with van der Waals surface area (Å²) in [5.41, 5.74) is 12.7. The van der Waals surface area contributed by atoms with Gasteiger partial charge in [0.15, 0.2) is 0 Å². The van der Waals surface area contributed by atoms with Crippen molar-refractivity contribution in [3.05, 3.63) is 167 Å². The van der Waals surface area contributed by atoms with E-state index in [1.807, 2.05) is 39.8 Å². The minimum absolute atomic E-state index is 0. The molecule has 0 saturated carbocycles. The van der Waals surface area contributed by atoms with Crippen LogP contribution in [-0.2, 0) is 43.7 Å². The molecule has 0 spiro atoms. The number of aryl methyl sites for hydroxylation is 1. The summed E-state index contributed by atoms with van der Waals surface area (Å²) in [6.07, 6.45) is 2.60. The van der Waals surface area contributed by atoms with E-state index in [0.29, 0.717) is 34.1 Å². The summed E-state index contributed by atoms with van der Waals surface area (Å²) >= 11 is 0. The van der Waals surface area contributed by atoms with Crippen molar-refractivity contribution in [1.82, 2.24) is 14.5 Å². The van der Waals surface area contributed by atoms with Gasteiger partial charge in [-0.2, -0.15) is 0 Å². The van der Waals surface area contributed by atoms with Crippen molar-refractivity contribution in [2.45, 2.75) is 106 Å². The third kappa shape index (κ3) is 9.45. The molecular weight excluding hydrogens is 962 g/mol. The summed E-state index contributed by atoms with van der Waals surface area (Å²) in [6.45, 7) is 25.2. The molecule has 8 aromatic rings. The van der Waals surface area contributed by atoms with Crippen LogP contribution in [0.2, 0.25) is 0 Å². The van der Waals surface area contributed by atoms with Crippen LogP contribution in [0.5, 0.6) is 5.75 Å². The van der Waals surface area contributed by atoms with E-state index in [4.69, 9.17) is 15.5 Å². The van der Waals surface area contributed by atoms with Gasteiger partial charge in [-0.1, -0.05) is 172 Å². The van der Waals surface area contributed by atoms with E-state index in [9.17, 15) is 5.11 Å². The zero-order valence-electron chi connectivity index (χ0n) is 43.3. The molecule has 6 aromatic carbocycles. The molecule has 330 valence electrons. The molecule has 5 heteroatoms. The standard InChI is InChI=1S/C59H62N3O.Pt/c1-37(2)29-39-21-26-52(49(31-39)41-17-14-13-15-18-41)62-53-20-16-19-48(54(53)61-56(62)50-36-46(58(7,8)9)30-38(3)55(50)63)43-32-44(34-47(33-43)59(10,11)12)51-35-42(27-28-60-51)40-22-24-45(25-23-40)57(4,5)6;/h13-28,30-31,33-37,63H,29H2,1-12H3;/q-1;/i22D,23D,24D,25D;. The Morgan fingerprint density at radius 2 is 1.30 bits per heavy atom. The van der Waals surface area contributed by atoms with Crippen LogP contribution in [0.4, 0.5) is 0 Å². The minimum Gasteiger partial charge on any atom is -0.507 e. The maximum Gasteiger partial charge on any atom is 0.148 e. The molecule has 0 aliphatic rings. The molecule has 0 bridgehead atoms. The molecule has 2 aromatic heterocycles.